The number of nitrogens with zero attached hydrogens (tertiary/aromatic N) is 3. The van der Waals surface area contributed by atoms with Crippen molar-refractivity contribution < 1.29 is 28.9 Å². The van der Waals surface area contributed by atoms with Crippen molar-refractivity contribution in [3.8, 4) is 78.6 Å². The van der Waals surface area contributed by atoms with E-state index >= 15 is 0 Å². The molecule has 11 rings (SSSR count). The van der Waals surface area contributed by atoms with Crippen molar-refractivity contribution in [3.63, 3.8) is 0 Å². The van der Waals surface area contributed by atoms with Gasteiger partial charge in [-0.3, -0.25) is 9.55 Å². The maximum absolute atomic E-state index is 12.7. The molecule has 1 saturated carbocycles. The molecule has 76 heavy (non-hydrogen) atoms. The minimum Gasteiger partial charge on any atom is -0.507 e. The van der Waals surface area contributed by atoms with Gasteiger partial charge in [-0.15, -0.1) is 23.8 Å². The van der Waals surface area contributed by atoms with E-state index in [1.54, 1.807) is 0 Å². The Morgan fingerprint density at radius 3 is 1.86 bits per heavy atom. The van der Waals surface area contributed by atoms with E-state index in [0.717, 1.165) is 109 Å². The Kier molecular flexibility index (Phi) is 13.8. The van der Waals surface area contributed by atoms with Crippen LogP contribution in [0.5, 0.6) is 5.75 Å². The number of hydrogen-bond donors (Lipinski definition) is 1. The smallest absolute Gasteiger partial charge is 0.148 e. The zero-order valence-electron chi connectivity index (χ0n) is 47.0. The van der Waals surface area contributed by atoms with E-state index in [2.05, 4.69) is 224 Å². The van der Waals surface area contributed by atoms with Crippen molar-refractivity contribution in [2.24, 2.45) is 5.92 Å². The predicted molar refractivity (Wildman–Crippen MR) is 314 cm³/mol. The molecule has 0 saturated heterocycles. The first kappa shape index (κ1) is 49.7. The van der Waals surface area contributed by atoms with Gasteiger partial charge in [-0.2, -0.15) is 0 Å². The average molecular weight is 1180 g/mol. The van der Waals surface area contributed by atoms with Crippen molar-refractivity contribution in [3.05, 3.63) is 228 Å². The molecule has 10 aromatic rings. The van der Waals surface area contributed by atoms with Crippen LogP contribution in [-0.2, 0) is 43.7 Å². The molecule has 0 aliphatic heterocycles. The van der Waals surface area contributed by atoms with Crippen LogP contribution in [0.25, 0.3) is 83.9 Å². The number of benzene rings is 8. The standard InChI is InChI=1S/C71H68N3O.Pt/c1-69(2,3)58-45-61(67(75)62(46-58)70(4,5)6)68-73-66-59(29-20-30-65(66)74(68)64-36-31-48(39-47-21-18-19-22-47)40-60(64)51-25-14-10-15-26-51)54-41-53(49-23-12-9-13-24-49)42-55(43-54)63-44-52(37-38-72-63)50-32-34-57(35-33-50)71(7,8)56-27-16-11-17-28-56;/h9-17,20,23-38,40-42,44-47,75H,18-19,21-22,39H2,1-8H3;/q-1;/i39D2;. The quantitative estimate of drug-likeness (QED) is 0.131. The fourth-order valence-corrected chi connectivity index (χ4v) is 11.0. The van der Waals surface area contributed by atoms with Gasteiger partial charge in [-0.05, 0) is 98.0 Å². The maximum Gasteiger partial charge on any atom is 0.148 e. The fourth-order valence-electron chi connectivity index (χ4n) is 11.0. The molecule has 1 N–H and O–H groups in total. The maximum atomic E-state index is 12.7. The third-order valence-electron chi connectivity index (χ3n) is 15.5. The van der Waals surface area contributed by atoms with E-state index in [0.29, 0.717) is 17.0 Å². The largest absolute Gasteiger partial charge is 0.507 e. The first-order valence-electron chi connectivity index (χ1n) is 27.7. The summed E-state index contributed by atoms with van der Waals surface area (Å²) < 4.78 is 21.3. The van der Waals surface area contributed by atoms with E-state index in [4.69, 9.17) is 9.97 Å². The molecule has 0 amide bonds. The number of aromatic hydroxyl groups is 1. The molecule has 1 aliphatic carbocycles. The SMILES string of the molecule is [2H]C([2H])(c1ccc(-n2c(-c3cc(C(C)(C)C)cc(C(C)(C)C)c3O)nc3c(-c4[c-]c(-c5cc(-c6ccc(C(C)(C)c7ccccc7)cc6)ccn5)cc(-c5ccccc5)c4)cccc32)c(-c2ccccc2)c1)C1CCCC1.[Pt]. The number of imidazole rings is 1. The molecule has 1 aliphatic rings. The topological polar surface area (TPSA) is 50.9 Å². The number of fused-ring (bicyclic) bond motifs is 1. The van der Waals surface area contributed by atoms with Crippen LogP contribution >= 0.6 is 0 Å². The summed E-state index contributed by atoms with van der Waals surface area (Å²) in [6, 6.07) is 69.6. The Morgan fingerprint density at radius 1 is 0.553 bits per heavy atom. The molecule has 0 atom stereocenters. The second-order valence-corrected chi connectivity index (χ2v) is 23.1. The number of pyridine rings is 1. The third kappa shape index (κ3) is 10.4. The normalized spacial score (nSPS) is 13.8. The molecule has 2 heterocycles. The van der Waals surface area contributed by atoms with Crippen molar-refractivity contribution in [1.82, 2.24) is 14.5 Å². The van der Waals surface area contributed by atoms with Crippen LogP contribution in [0.15, 0.2) is 194 Å². The van der Waals surface area contributed by atoms with Crippen LogP contribution in [0, 0.1) is 12.0 Å². The minimum atomic E-state index is -1.51. The number of hydrogen-bond acceptors (Lipinski definition) is 3. The van der Waals surface area contributed by atoms with Crippen LogP contribution in [0.1, 0.15) is 112 Å². The summed E-state index contributed by atoms with van der Waals surface area (Å²) in [6.07, 6.45) is 4.23. The van der Waals surface area contributed by atoms with E-state index in [1.165, 1.54) is 11.1 Å². The molecular formula is C71H68N3OPt-. The number of rotatable bonds is 11. The first-order valence-corrected chi connectivity index (χ1v) is 26.7. The van der Waals surface area contributed by atoms with Crippen LogP contribution < -0.4 is 0 Å². The Hall–Kier alpha value is -7.13. The monoisotopic (exact) mass is 1180 g/mol. The summed E-state index contributed by atoms with van der Waals surface area (Å²) >= 11 is 0. The molecule has 0 radical (unpaired) electrons. The summed E-state index contributed by atoms with van der Waals surface area (Å²) in [5.41, 5.74) is 16.9. The van der Waals surface area contributed by atoms with Crippen LogP contribution in [-0.4, -0.2) is 19.6 Å². The van der Waals surface area contributed by atoms with E-state index in [-0.39, 0.29) is 49.0 Å². The molecular weight excluding hydrogens is 1110 g/mol. The van der Waals surface area contributed by atoms with Crippen LogP contribution in [0.3, 0.4) is 0 Å². The predicted octanol–water partition coefficient (Wildman–Crippen LogP) is 18.6. The molecule has 4 nitrogen and oxygen atoms in total. The fraction of sp³-hybridized carbons (Fsp3) is 0.239. The van der Waals surface area contributed by atoms with Gasteiger partial charge in [0.05, 0.1) is 22.3 Å². The van der Waals surface area contributed by atoms with Crippen LogP contribution in [0.2, 0.25) is 0 Å². The molecule has 5 heteroatoms. The van der Waals surface area contributed by atoms with E-state index < -0.39 is 6.37 Å². The first-order chi connectivity index (χ1) is 36.9. The molecule has 1 fully saturated rings. The molecule has 384 valence electrons. The zero-order valence-corrected chi connectivity index (χ0v) is 47.3. The minimum absolute atomic E-state index is 0. The summed E-state index contributed by atoms with van der Waals surface area (Å²) in [4.78, 5) is 10.7. The van der Waals surface area contributed by atoms with Gasteiger partial charge >= 0.3 is 0 Å². The summed E-state index contributed by atoms with van der Waals surface area (Å²) in [7, 11) is 0. The van der Waals surface area contributed by atoms with Gasteiger partial charge in [0.15, 0.2) is 0 Å². The van der Waals surface area contributed by atoms with Crippen molar-refractivity contribution >= 4 is 11.0 Å². The van der Waals surface area contributed by atoms with Crippen molar-refractivity contribution in [1.29, 1.82) is 0 Å². The molecule has 8 aromatic carbocycles. The van der Waals surface area contributed by atoms with Gasteiger partial charge in [0.25, 0.3) is 0 Å². The van der Waals surface area contributed by atoms with Gasteiger partial charge in [-0.25, -0.2) is 4.98 Å². The summed E-state index contributed by atoms with van der Waals surface area (Å²) in [6.45, 7) is 17.6. The Bertz CT molecular complexity index is 3770. The van der Waals surface area contributed by atoms with E-state index in [1.807, 2.05) is 36.5 Å². The number of aromatic nitrogens is 3. The Balaban J connectivity index is 0.00000688. The van der Waals surface area contributed by atoms with E-state index in [9.17, 15) is 7.85 Å². The molecule has 0 bridgehead atoms. The van der Waals surface area contributed by atoms with Crippen molar-refractivity contribution in [2.75, 3.05) is 0 Å². The zero-order chi connectivity index (χ0) is 53.9. The second kappa shape index (κ2) is 21.1. The van der Waals surface area contributed by atoms with Crippen LogP contribution in [0.4, 0.5) is 0 Å². The number of para-hydroxylation sites is 1. The second-order valence-electron chi connectivity index (χ2n) is 23.1. The number of phenolic OH excluding ortho intramolecular Hbond substituents is 1. The molecule has 0 unspecified atom stereocenters. The molecule has 2 aromatic heterocycles. The third-order valence-corrected chi connectivity index (χ3v) is 15.5. The van der Waals surface area contributed by atoms with Gasteiger partial charge in [0.2, 0.25) is 0 Å². The van der Waals surface area contributed by atoms with Gasteiger partial charge in [0.1, 0.15) is 11.6 Å². The van der Waals surface area contributed by atoms with Gasteiger partial charge in [0, 0.05) is 52.2 Å². The van der Waals surface area contributed by atoms with Gasteiger partial charge < -0.3 is 5.11 Å². The van der Waals surface area contributed by atoms with Crippen molar-refractivity contribution in [2.45, 2.75) is 104 Å². The summed E-state index contributed by atoms with van der Waals surface area (Å²) in [5, 5.41) is 12.7. The number of phenols is 1. The molecule has 0 spiro atoms. The Morgan fingerprint density at radius 2 is 1.18 bits per heavy atom. The average Bonchev–Trinajstić information content (AvgIpc) is 4.24. The van der Waals surface area contributed by atoms with Gasteiger partial charge in [-0.1, -0.05) is 243 Å². The summed E-state index contributed by atoms with van der Waals surface area (Å²) in [5.74, 6) is 0.739. The Labute approximate surface area is 468 Å².